The number of nitrogens with one attached hydrogen (secondary N) is 1. The predicted octanol–water partition coefficient (Wildman–Crippen LogP) is 2.33. The largest absolute Gasteiger partial charge is 0.362 e. The summed E-state index contributed by atoms with van der Waals surface area (Å²) in [6, 6.07) is 8.32. The molecule has 0 unspecified atom stereocenters. The molecule has 2 heterocycles. The van der Waals surface area contributed by atoms with Crippen LogP contribution < -0.4 is 11.1 Å². The van der Waals surface area contributed by atoms with E-state index in [2.05, 4.69) is 22.2 Å². The van der Waals surface area contributed by atoms with Crippen LogP contribution >= 0.6 is 0 Å². The van der Waals surface area contributed by atoms with Gasteiger partial charge in [-0.1, -0.05) is 24.6 Å². The average molecular weight is 428 g/mol. The van der Waals surface area contributed by atoms with Crippen molar-refractivity contribution in [3.8, 4) is 0 Å². The Labute approximate surface area is 175 Å². The van der Waals surface area contributed by atoms with Crippen LogP contribution in [-0.2, 0) is 14.8 Å². The second kappa shape index (κ2) is 7.81. The number of rotatable bonds is 6. The zero-order valence-electron chi connectivity index (χ0n) is 16.9. The van der Waals surface area contributed by atoms with Crippen LogP contribution in [0.1, 0.15) is 25.3 Å². The summed E-state index contributed by atoms with van der Waals surface area (Å²) in [5, 5.41) is 3.01. The molecule has 3 N–H and O–H groups in total. The molecule has 1 aromatic carbocycles. The number of benzene rings is 1. The molecule has 1 aliphatic carbocycles. The van der Waals surface area contributed by atoms with Crippen LogP contribution in [0.5, 0.6) is 0 Å². The van der Waals surface area contributed by atoms with Gasteiger partial charge in [-0.25, -0.2) is 22.4 Å². The van der Waals surface area contributed by atoms with Crippen LogP contribution in [0.25, 0.3) is 11.2 Å². The van der Waals surface area contributed by atoms with Crippen LogP contribution in [0.3, 0.4) is 0 Å². The Hall–Kier alpha value is -2.78. The highest BCUT2D eigenvalue weighted by Gasteiger charge is 2.33. The first-order chi connectivity index (χ1) is 14.3. The monoisotopic (exact) mass is 427 g/mol. The number of aromatic nitrogens is 3. The van der Waals surface area contributed by atoms with Gasteiger partial charge in [0.25, 0.3) is 10.0 Å². The number of aryl methyl sites for hydroxylation is 1. The third-order valence-corrected chi connectivity index (χ3v) is 7.39. The molecule has 1 saturated carbocycles. The van der Waals surface area contributed by atoms with Gasteiger partial charge in [0.2, 0.25) is 0 Å². The van der Waals surface area contributed by atoms with Crippen molar-refractivity contribution in [2.45, 2.75) is 37.6 Å². The van der Waals surface area contributed by atoms with Crippen molar-refractivity contribution in [1.82, 2.24) is 13.9 Å². The van der Waals surface area contributed by atoms with E-state index >= 15 is 0 Å². The van der Waals surface area contributed by atoms with E-state index in [1.54, 1.807) is 30.3 Å². The lowest BCUT2D eigenvalue weighted by Crippen LogP contribution is -2.25. The van der Waals surface area contributed by atoms with Crippen molar-refractivity contribution in [3.63, 3.8) is 0 Å². The van der Waals surface area contributed by atoms with Gasteiger partial charge in [-0.3, -0.25) is 4.79 Å². The Morgan fingerprint density at radius 2 is 1.97 bits per heavy atom. The number of fused-ring (bicyclic) bond motifs is 1. The summed E-state index contributed by atoms with van der Waals surface area (Å²) in [5.41, 5.74) is 7.61. The first-order valence-electron chi connectivity index (χ1n) is 9.94. The quantitative estimate of drug-likeness (QED) is 0.619. The lowest BCUT2D eigenvalue weighted by molar-refractivity contribution is -0.122. The third-order valence-electron chi connectivity index (χ3n) is 5.71. The molecule has 1 aliphatic rings. The van der Waals surface area contributed by atoms with Crippen molar-refractivity contribution in [2.75, 3.05) is 11.9 Å². The average Bonchev–Trinajstić information content (AvgIpc) is 3.29. The molecule has 0 spiro atoms. The third kappa shape index (κ3) is 3.82. The zero-order valence-corrected chi connectivity index (χ0v) is 17.8. The van der Waals surface area contributed by atoms with Gasteiger partial charge in [0.1, 0.15) is 11.3 Å². The van der Waals surface area contributed by atoms with Gasteiger partial charge < -0.3 is 11.1 Å². The molecule has 4 rings (SSSR count). The molecule has 3 atom stereocenters. The second-order valence-corrected chi connectivity index (χ2v) is 9.84. The maximum Gasteiger partial charge on any atom is 0.269 e. The Balaban J connectivity index is 1.52. The van der Waals surface area contributed by atoms with Crippen LogP contribution in [0.15, 0.2) is 47.6 Å². The van der Waals surface area contributed by atoms with E-state index in [1.807, 2.05) is 6.92 Å². The molecule has 0 amide bonds. The summed E-state index contributed by atoms with van der Waals surface area (Å²) < 4.78 is 27.0. The highest BCUT2D eigenvalue weighted by Crippen LogP contribution is 2.31. The summed E-state index contributed by atoms with van der Waals surface area (Å²) in [5.74, 6) is 0.780. The smallest absolute Gasteiger partial charge is 0.269 e. The number of anilines is 1. The molecular formula is C21H25N5O3S. The molecule has 8 nitrogen and oxygen atoms in total. The van der Waals surface area contributed by atoms with Crippen LogP contribution in [0.4, 0.5) is 5.82 Å². The fourth-order valence-corrected chi connectivity index (χ4v) is 5.34. The standard InChI is InChI=1S/C21H25N5O3S/c1-13-3-5-16(6-4-13)30(28,29)26-8-7-18-21(26)24-12-20(25-18)23-11-19(27)17-10-15(22)9-14(17)2/h3-8,12,14-15,17H,9-11,22H2,1-2H3,(H,23,25)/t14-,15+,17+/m1/s1. The van der Waals surface area contributed by atoms with E-state index < -0.39 is 10.0 Å². The minimum Gasteiger partial charge on any atom is -0.362 e. The molecule has 3 aromatic rings. The van der Waals surface area contributed by atoms with Gasteiger partial charge in [-0.05, 0) is 43.9 Å². The van der Waals surface area contributed by atoms with E-state index in [0.717, 1.165) is 16.0 Å². The minimum absolute atomic E-state index is 0.0371. The van der Waals surface area contributed by atoms with E-state index in [-0.39, 0.29) is 40.7 Å². The van der Waals surface area contributed by atoms with Crippen LogP contribution in [-0.4, -0.2) is 40.7 Å². The summed E-state index contributed by atoms with van der Waals surface area (Å²) in [6.45, 7) is 4.09. The number of carbonyl (C=O) groups is 1. The fraction of sp³-hybridized carbons (Fsp3) is 0.381. The molecule has 0 bridgehead atoms. The molecular weight excluding hydrogens is 402 g/mol. The Bertz CT molecular complexity index is 1190. The maximum absolute atomic E-state index is 12.9. The molecule has 2 aromatic heterocycles. The Morgan fingerprint density at radius 3 is 2.63 bits per heavy atom. The summed E-state index contributed by atoms with van der Waals surface area (Å²) >= 11 is 0. The number of hydrogen-bond acceptors (Lipinski definition) is 7. The Morgan fingerprint density at radius 1 is 1.23 bits per heavy atom. The molecule has 9 heteroatoms. The van der Waals surface area contributed by atoms with Gasteiger partial charge >= 0.3 is 0 Å². The predicted molar refractivity (Wildman–Crippen MR) is 115 cm³/mol. The highest BCUT2D eigenvalue weighted by molar-refractivity contribution is 7.90. The van der Waals surface area contributed by atoms with Crippen molar-refractivity contribution in [1.29, 1.82) is 0 Å². The zero-order chi connectivity index (χ0) is 21.5. The van der Waals surface area contributed by atoms with Crippen LogP contribution in [0.2, 0.25) is 0 Å². The lowest BCUT2D eigenvalue weighted by Gasteiger charge is -2.14. The first-order valence-corrected chi connectivity index (χ1v) is 11.4. The Kier molecular flexibility index (Phi) is 5.33. The number of nitrogens with zero attached hydrogens (tertiary/aromatic N) is 3. The molecule has 0 radical (unpaired) electrons. The first kappa shape index (κ1) is 20.5. The molecule has 158 valence electrons. The lowest BCUT2D eigenvalue weighted by atomic mass is 9.93. The molecule has 30 heavy (non-hydrogen) atoms. The van der Waals surface area contributed by atoms with Gasteiger partial charge in [-0.15, -0.1) is 0 Å². The van der Waals surface area contributed by atoms with Crippen molar-refractivity contribution < 1.29 is 13.2 Å². The van der Waals surface area contributed by atoms with Gasteiger partial charge in [0.05, 0.1) is 17.6 Å². The second-order valence-electron chi connectivity index (χ2n) is 8.03. The maximum atomic E-state index is 12.9. The fourth-order valence-electron chi connectivity index (χ4n) is 4.04. The number of Topliss-reactive ketones (excluding diaryl/α,β-unsaturated/α-hetero) is 1. The number of ketones is 1. The molecule has 0 aliphatic heterocycles. The van der Waals surface area contributed by atoms with Crippen molar-refractivity contribution >= 4 is 32.8 Å². The minimum atomic E-state index is -3.77. The molecule has 1 fully saturated rings. The topological polar surface area (TPSA) is 120 Å². The van der Waals surface area contributed by atoms with E-state index in [9.17, 15) is 13.2 Å². The highest BCUT2D eigenvalue weighted by atomic mass is 32.2. The van der Waals surface area contributed by atoms with Gasteiger partial charge in [-0.2, -0.15) is 0 Å². The normalized spacial score (nSPS) is 21.8. The van der Waals surface area contributed by atoms with Crippen LogP contribution in [0, 0.1) is 18.8 Å². The summed E-state index contributed by atoms with van der Waals surface area (Å²) in [4.78, 5) is 21.4. The summed E-state index contributed by atoms with van der Waals surface area (Å²) in [7, 11) is -3.77. The SMILES string of the molecule is Cc1ccc(S(=O)(=O)n2ccc3nc(NCC(=O)[C@H]4C[C@@H](N)C[C@H]4C)cnc32)cc1. The summed E-state index contributed by atoms with van der Waals surface area (Å²) in [6.07, 6.45) is 4.47. The van der Waals surface area contributed by atoms with Crippen molar-refractivity contribution in [2.24, 2.45) is 17.6 Å². The molecule has 0 saturated heterocycles. The number of hydrogen-bond donors (Lipinski definition) is 2. The van der Waals surface area contributed by atoms with E-state index in [1.165, 1.54) is 12.4 Å². The van der Waals surface area contributed by atoms with Gasteiger partial charge in [0.15, 0.2) is 11.4 Å². The van der Waals surface area contributed by atoms with Crippen molar-refractivity contribution in [3.05, 3.63) is 48.3 Å². The van der Waals surface area contributed by atoms with E-state index in [0.29, 0.717) is 17.8 Å². The van der Waals surface area contributed by atoms with E-state index in [4.69, 9.17) is 5.73 Å². The van der Waals surface area contributed by atoms with Gasteiger partial charge in [0, 0.05) is 18.2 Å². The number of nitrogens with two attached hydrogens (primary N) is 1. The number of carbonyl (C=O) groups excluding carboxylic acids is 1.